The number of phenolic OH excluding ortho intramolecular Hbond substituents is 1. The SMILES string of the molecule is CCOc1cc(C2/C(=C(\O)c3cc(C)cc(C)c3OC)C(=O)C(=O)N2c2cccc3ccccc23)ccc1O. The van der Waals surface area contributed by atoms with Crippen molar-refractivity contribution in [2.24, 2.45) is 0 Å². The van der Waals surface area contributed by atoms with E-state index in [4.69, 9.17) is 9.47 Å². The number of ketones is 1. The van der Waals surface area contributed by atoms with Crippen LogP contribution in [0.25, 0.3) is 16.5 Å². The van der Waals surface area contributed by atoms with E-state index in [1.54, 1.807) is 31.2 Å². The van der Waals surface area contributed by atoms with Crippen molar-refractivity contribution in [3.05, 3.63) is 101 Å². The highest BCUT2D eigenvalue weighted by atomic mass is 16.5. The quantitative estimate of drug-likeness (QED) is 0.178. The number of hydrogen-bond acceptors (Lipinski definition) is 6. The number of carbonyl (C=O) groups is 2. The molecule has 0 aliphatic carbocycles. The van der Waals surface area contributed by atoms with E-state index in [0.717, 1.165) is 21.9 Å². The second kappa shape index (κ2) is 10.2. The third-order valence-corrected chi connectivity index (χ3v) is 6.95. The number of aromatic hydroxyl groups is 1. The number of phenols is 1. The number of aliphatic hydroxyl groups excluding tert-OH is 1. The van der Waals surface area contributed by atoms with Gasteiger partial charge >= 0.3 is 0 Å². The molecule has 39 heavy (non-hydrogen) atoms. The predicted octanol–water partition coefficient (Wildman–Crippen LogP) is 6.20. The van der Waals surface area contributed by atoms with Crippen molar-refractivity contribution < 1.29 is 29.3 Å². The maximum atomic E-state index is 13.8. The van der Waals surface area contributed by atoms with Crippen LogP contribution in [0.4, 0.5) is 5.69 Å². The van der Waals surface area contributed by atoms with Gasteiger partial charge in [-0.3, -0.25) is 14.5 Å². The van der Waals surface area contributed by atoms with Crippen LogP contribution >= 0.6 is 0 Å². The Morgan fingerprint density at radius 2 is 1.72 bits per heavy atom. The fraction of sp³-hybridized carbons (Fsp3) is 0.188. The number of amides is 1. The molecular formula is C32H29NO6. The monoisotopic (exact) mass is 523 g/mol. The number of fused-ring (bicyclic) bond motifs is 1. The molecule has 1 amide bonds. The third-order valence-electron chi connectivity index (χ3n) is 6.95. The van der Waals surface area contributed by atoms with Crippen molar-refractivity contribution in [2.45, 2.75) is 26.8 Å². The molecule has 5 rings (SSSR count). The lowest BCUT2D eigenvalue weighted by atomic mass is 9.93. The summed E-state index contributed by atoms with van der Waals surface area (Å²) in [5, 5.41) is 23.8. The number of hydrogen-bond donors (Lipinski definition) is 2. The van der Waals surface area contributed by atoms with E-state index in [9.17, 15) is 19.8 Å². The number of methoxy groups -OCH3 is 1. The molecule has 4 aromatic rings. The van der Waals surface area contributed by atoms with Crippen LogP contribution in [-0.4, -0.2) is 35.6 Å². The Bertz CT molecular complexity index is 1650. The minimum atomic E-state index is -0.999. The van der Waals surface area contributed by atoms with E-state index in [0.29, 0.717) is 29.2 Å². The van der Waals surface area contributed by atoms with Gasteiger partial charge in [0, 0.05) is 5.39 Å². The number of carbonyl (C=O) groups excluding carboxylic acids is 2. The molecule has 1 fully saturated rings. The first-order chi connectivity index (χ1) is 18.8. The summed E-state index contributed by atoms with van der Waals surface area (Å²) in [5.41, 5.74) is 2.90. The maximum absolute atomic E-state index is 13.8. The van der Waals surface area contributed by atoms with Gasteiger partial charge in [0.05, 0.1) is 36.6 Å². The number of anilines is 1. The first-order valence-electron chi connectivity index (χ1n) is 12.7. The number of nitrogens with zero attached hydrogens (tertiary/aromatic N) is 1. The zero-order valence-electron chi connectivity index (χ0n) is 22.2. The van der Waals surface area contributed by atoms with Gasteiger partial charge in [-0.1, -0.05) is 48.5 Å². The van der Waals surface area contributed by atoms with E-state index in [2.05, 4.69) is 0 Å². The normalized spacial score (nSPS) is 16.6. The summed E-state index contributed by atoms with van der Waals surface area (Å²) in [5.74, 6) is -1.38. The average Bonchev–Trinajstić information content (AvgIpc) is 3.18. The average molecular weight is 524 g/mol. The standard InChI is InChI=1S/C32H29NO6/c1-5-39-26-17-21(13-14-25(26)34)28-27(29(35)23-16-18(2)15-19(3)31(23)38-4)30(36)32(37)33(28)24-12-8-10-20-9-6-7-11-22(20)24/h6-17,28,34-35H,5H2,1-4H3/b29-27+. The van der Waals surface area contributed by atoms with Crippen molar-refractivity contribution in [1.29, 1.82) is 0 Å². The fourth-order valence-electron chi connectivity index (χ4n) is 5.33. The highest BCUT2D eigenvalue weighted by Gasteiger charge is 2.48. The van der Waals surface area contributed by atoms with Gasteiger partial charge in [0.1, 0.15) is 11.5 Å². The van der Waals surface area contributed by atoms with Gasteiger partial charge in [0.15, 0.2) is 11.5 Å². The number of rotatable bonds is 6. The molecule has 4 aromatic carbocycles. The van der Waals surface area contributed by atoms with E-state index < -0.39 is 17.7 Å². The van der Waals surface area contributed by atoms with Crippen LogP contribution in [0.2, 0.25) is 0 Å². The van der Waals surface area contributed by atoms with E-state index in [-0.39, 0.29) is 22.8 Å². The molecule has 1 aliphatic rings. The van der Waals surface area contributed by atoms with Crippen LogP contribution in [-0.2, 0) is 9.59 Å². The van der Waals surface area contributed by atoms with Gasteiger partial charge in [-0.2, -0.15) is 0 Å². The molecule has 7 nitrogen and oxygen atoms in total. The minimum absolute atomic E-state index is 0.0707. The van der Waals surface area contributed by atoms with Crippen molar-refractivity contribution >= 4 is 33.9 Å². The van der Waals surface area contributed by atoms with E-state index in [1.807, 2.05) is 56.3 Å². The Labute approximate surface area is 226 Å². The van der Waals surface area contributed by atoms with Crippen LogP contribution in [0.3, 0.4) is 0 Å². The van der Waals surface area contributed by atoms with Crippen LogP contribution in [0, 0.1) is 13.8 Å². The highest BCUT2D eigenvalue weighted by Crippen LogP contribution is 2.46. The number of aryl methyl sites for hydroxylation is 2. The summed E-state index contributed by atoms with van der Waals surface area (Å²) < 4.78 is 11.2. The summed E-state index contributed by atoms with van der Waals surface area (Å²) in [7, 11) is 1.50. The van der Waals surface area contributed by atoms with Gasteiger partial charge in [-0.25, -0.2) is 0 Å². The maximum Gasteiger partial charge on any atom is 0.300 e. The molecule has 0 bridgehead atoms. The molecule has 0 saturated carbocycles. The molecule has 1 atom stereocenters. The molecule has 1 aliphatic heterocycles. The van der Waals surface area contributed by atoms with Crippen molar-refractivity contribution in [3.63, 3.8) is 0 Å². The van der Waals surface area contributed by atoms with Crippen molar-refractivity contribution in [2.75, 3.05) is 18.6 Å². The van der Waals surface area contributed by atoms with Crippen molar-refractivity contribution in [1.82, 2.24) is 0 Å². The second-order valence-corrected chi connectivity index (χ2v) is 9.49. The summed E-state index contributed by atoms with van der Waals surface area (Å²) in [4.78, 5) is 28.9. The first-order valence-corrected chi connectivity index (χ1v) is 12.7. The molecular weight excluding hydrogens is 494 g/mol. The van der Waals surface area contributed by atoms with Crippen LogP contribution < -0.4 is 14.4 Å². The summed E-state index contributed by atoms with van der Waals surface area (Å²) in [6.07, 6.45) is 0. The molecule has 1 saturated heterocycles. The zero-order chi connectivity index (χ0) is 27.8. The van der Waals surface area contributed by atoms with Gasteiger partial charge in [0.2, 0.25) is 0 Å². The topological polar surface area (TPSA) is 96.3 Å². The molecule has 0 spiro atoms. The molecule has 0 aromatic heterocycles. The predicted molar refractivity (Wildman–Crippen MR) is 150 cm³/mol. The van der Waals surface area contributed by atoms with Gasteiger partial charge in [0.25, 0.3) is 11.7 Å². The Morgan fingerprint density at radius 3 is 2.46 bits per heavy atom. The molecule has 0 radical (unpaired) electrons. The fourth-order valence-corrected chi connectivity index (χ4v) is 5.33. The van der Waals surface area contributed by atoms with Gasteiger partial charge in [-0.05, 0) is 67.1 Å². The number of aliphatic hydroxyl groups is 1. The van der Waals surface area contributed by atoms with Crippen LogP contribution in [0.5, 0.6) is 17.2 Å². The van der Waals surface area contributed by atoms with Gasteiger partial charge < -0.3 is 19.7 Å². The first kappa shape index (κ1) is 25.9. The lowest BCUT2D eigenvalue weighted by Gasteiger charge is -2.27. The molecule has 7 heteroatoms. The molecule has 198 valence electrons. The lowest BCUT2D eigenvalue weighted by Crippen LogP contribution is -2.29. The zero-order valence-corrected chi connectivity index (χ0v) is 22.2. The Morgan fingerprint density at radius 1 is 0.974 bits per heavy atom. The summed E-state index contributed by atoms with van der Waals surface area (Å²) >= 11 is 0. The second-order valence-electron chi connectivity index (χ2n) is 9.49. The van der Waals surface area contributed by atoms with E-state index in [1.165, 1.54) is 18.1 Å². The number of benzene rings is 4. The summed E-state index contributed by atoms with van der Waals surface area (Å²) in [6.45, 7) is 5.83. The minimum Gasteiger partial charge on any atom is -0.507 e. The Kier molecular flexibility index (Phi) is 6.74. The molecule has 1 unspecified atom stereocenters. The smallest absolute Gasteiger partial charge is 0.300 e. The largest absolute Gasteiger partial charge is 0.507 e. The third kappa shape index (κ3) is 4.36. The molecule has 1 heterocycles. The Hall–Kier alpha value is -4.78. The summed E-state index contributed by atoms with van der Waals surface area (Å²) in [6, 6.07) is 20.4. The Balaban J connectivity index is 1.83. The van der Waals surface area contributed by atoms with Gasteiger partial charge in [-0.15, -0.1) is 0 Å². The number of Topliss-reactive ketones (excluding diaryl/α,β-unsaturated/α-hetero) is 1. The van der Waals surface area contributed by atoms with Crippen molar-refractivity contribution in [3.8, 4) is 17.2 Å². The van der Waals surface area contributed by atoms with Crippen LogP contribution in [0.1, 0.15) is 35.2 Å². The molecule has 2 N–H and O–H groups in total. The van der Waals surface area contributed by atoms with E-state index >= 15 is 0 Å². The highest BCUT2D eigenvalue weighted by molar-refractivity contribution is 6.52. The van der Waals surface area contributed by atoms with Crippen LogP contribution in [0.15, 0.2) is 78.4 Å². The lowest BCUT2D eigenvalue weighted by molar-refractivity contribution is -0.132. The number of ether oxygens (including phenoxy) is 2.